The number of rotatable bonds is 7. The SMILES string of the molecule is C#CCNCCN(C)C(=C)[C@@H]1Cc2c([nH]c3ccc(O)cc23)CN1C=C.Clc1ccccc1. The van der Waals surface area contributed by atoms with Crippen LogP contribution in [0.25, 0.3) is 10.9 Å². The highest BCUT2D eigenvalue weighted by Gasteiger charge is 2.30. The molecule has 3 N–H and O–H groups in total. The molecule has 2 aromatic carbocycles. The Labute approximate surface area is 201 Å². The second-order valence-electron chi connectivity index (χ2n) is 7.98. The lowest BCUT2D eigenvalue weighted by Gasteiger charge is -2.39. The summed E-state index contributed by atoms with van der Waals surface area (Å²) in [6, 6.07) is 15.1. The van der Waals surface area contributed by atoms with Gasteiger partial charge in [-0.1, -0.05) is 48.9 Å². The van der Waals surface area contributed by atoms with Crippen LogP contribution in [0.4, 0.5) is 0 Å². The molecule has 172 valence electrons. The molecule has 0 fully saturated rings. The van der Waals surface area contributed by atoms with Gasteiger partial charge in [-0.15, -0.1) is 6.42 Å². The maximum Gasteiger partial charge on any atom is 0.116 e. The Hall–Kier alpha value is -3.33. The fourth-order valence-electron chi connectivity index (χ4n) is 3.98. The van der Waals surface area contributed by atoms with Gasteiger partial charge in [0.25, 0.3) is 0 Å². The number of likely N-dealkylation sites (N-methyl/N-ethyl adjacent to an activating group) is 1. The number of phenolic OH excluding ortho intramolecular Hbond substituents is 1. The fourth-order valence-corrected chi connectivity index (χ4v) is 4.13. The number of hydrogen-bond donors (Lipinski definition) is 3. The number of aromatic hydroxyl groups is 1. The lowest BCUT2D eigenvalue weighted by atomic mass is 9.94. The summed E-state index contributed by atoms with van der Waals surface area (Å²) >= 11 is 5.54. The molecule has 0 aliphatic carbocycles. The summed E-state index contributed by atoms with van der Waals surface area (Å²) < 4.78 is 0. The van der Waals surface area contributed by atoms with Crippen LogP contribution in [0.3, 0.4) is 0 Å². The second kappa shape index (κ2) is 11.5. The molecule has 0 unspecified atom stereocenters. The highest BCUT2D eigenvalue weighted by Crippen LogP contribution is 2.34. The van der Waals surface area contributed by atoms with E-state index in [1.165, 1.54) is 11.3 Å². The van der Waals surface area contributed by atoms with Crippen LogP contribution in [-0.4, -0.2) is 52.6 Å². The predicted octanol–water partition coefficient (Wildman–Crippen LogP) is 4.75. The first-order valence-corrected chi connectivity index (χ1v) is 11.3. The van der Waals surface area contributed by atoms with E-state index in [-0.39, 0.29) is 11.8 Å². The Morgan fingerprint density at radius 1 is 1.36 bits per heavy atom. The summed E-state index contributed by atoms with van der Waals surface area (Å²) in [5, 5.41) is 14.9. The molecule has 6 heteroatoms. The van der Waals surface area contributed by atoms with Crippen LogP contribution < -0.4 is 5.32 Å². The molecule has 0 saturated carbocycles. The van der Waals surface area contributed by atoms with Gasteiger partial charge in [0.05, 0.1) is 19.1 Å². The Bertz CT molecular complexity index is 1130. The van der Waals surface area contributed by atoms with E-state index in [2.05, 4.69) is 46.2 Å². The third kappa shape index (κ3) is 6.13. The van der Waals surface area contributed by atoms with Gasteiger partial charge in [0, 0.05) is 53.9 Å². The van der Waals surface area contributed by atoms with E-state index in [0.717, 1.165) is 47.7 Å². The average molecular weight is 463 g/mol. The van der Waals surface area contributed by atoms with Crippen molar-refractivity contribution in [2.24, 2.45) is 0 Å². The van der Waals surface area contributed by atoms with E-state index in [0.29, 0.717) is 6.54 Å². The quantitative estimate of drug-likeness (QED) is 0.350. The minimum absolute atomic E-state index is 0.138. The molecule has 1 atom stereocenters. The monoisotopic (exact) mass is 462 g/mol. The summed E-state index contributed by atoms with van der Waals surface area (Å²) in [6.45, 7) is 11.3. The van der Waals surface area contributed by atoms with Crippen LogP contribution >= 0.6 is 11.6 Å². The molecule has 1 aromatic heterocycles. The summed E-state index contributed by atoms with van der Waals surface area (Å²) in [5.74, 6) is 2.87. The minimum Gasteiger partial charge on any atom is -0.508 e. The van der Waals surface area contributed by atoms with E-state index in [4.69, 9.17) is 18.0 Å². The molecular weight excluding hydrogens is 432 g/mol. The lowest BCUT2D eigenvalue weighted by Crippen LogP contribution is -2.43. The normalized spacial score (nSPS) is 14.6. The van der Waals surface area contributed by atoms with E-state index in [1.807, 2.05) is 48.7 Å². The third-order valence-electron chi connectivity index (χ3n) is 5.81. The Balaban J connectivity index is 0.000000374. The molecule has 5 nitrogen and oxygen atoms in total. The number of aromatic nitrogens is 1. The number of hydrogen-bond acceptors (Lipinski definition) is 4. The average Bonchev–Trinajstić information content (AvgIpc) is 3.18. The van der Waals surface area contributed by atoms with Crippen molar-refractivity contribution in [2.75, 3.05) is 26.7 Å². The van der Waals surface area contributed by atoms with Crippen LogP contribution in [0.5, 0.6) is 5.75 Å². The Kier molecular flexibility index (Phi) is 8.48. The number of fused-ring (bicyclic) bond motifs is 3. The van der Waals surface area contributed by atoms with Crippen molar-refractivity contribution in [3.05, 3.63) is 89.9 Å². The van der Waals surface area contributed by atoms with Gasteiger partial charge in [-0.25, -0.2) is 0 Å². The fraction of sp³-hybridized carbons (Fsp3) is 0.259. The number of nitrogens with zero attached hydrogens (tertiary/aromatic N) is 2. The molecule has 3 aromatic rings. The topological polar surface area (TPSA) is 54.5 Å². The van der Waals surface area contributed by atoms with Crippen molar-refractivity contribution < 1.29 is 5.11 Å². The van der Waals surface area contributed by atoms with E-state index in [9.17, 15) is 5.11 Å². The van der Waals surface area contributed by atoms with Crippen LogP contribution in [0.2, 0.25) is 5.02 Å². The first-order chi connectivity index (χ1) is 15.9. The smallest absolute Gasteiger partial charge is 0.116 e. The van der Waals surface area contributed by atoms with Gasteiger partial charge in [-0.2, -0.15) is 0 Å². The van der Waals surface area contributed by atoms with Crippen molar-refractivity contribution in [1.82, 2.24) is 20.1 Å². The first-order valence-electron chi connectivity index (χ1n) is 10.9. The Morgan fingerprint density at radius 2 is 2.12 bits per heavy atom. The molecule has 2 heterocycles. The zero-order valence-electron chi connectivity index (χ0n) is 19.0. The zero-order valence-corrected chi connectivity index (χ0v) is 19.8. The van der Waals surface area contributed by atoms with Crippen molar-refractivity contribution in [3.63, 3.8) is 0 Å². The number of H-pyrrole nitrogens is 1. The summed E-state index contributed by atoms with van der Waals surface area (Å²) in [5.41, 5.74) is 4.52. The van der Waals surface area contributed by atoms with Crippen LogP contribution in [0.15, 0.2) is 73.6 Å². The number of nitrogens with one attached hydrogen (secondary N) is 2. The van der Waals surface area contributed by atoms with Gasteiger partial charge >= 0.3 is 0 Å². The van der Waals surface area contributed by atoms with Gasteiger partial charge < -0.3 is 25.2 Å². The van der Waals surface area contributed by atoms with Gasteiger partial charge in [-0.3, -0.25) is 0 Å². The van der Waals surface area contributed by atoms with Crippen LogP contribution in [-0.2, 0) is 13.0 Å². The number of phenols is 1. The van der Waals surface area contributed by atoms with Crippen molar-refractivity contribution in [1.29, 1.82) is 0 Å². The third-order valence-corrected chi connectivity index (χ3v) is 6.06. The van der Waals surface area contributed by atoms with Gasteiger partial charge in [0.2, 0.25) is 0 Å². The first kappa shape index (κ1) is 24.3. The Morgan fingerprint density at radius 3 is 2.76 bits per heavy atom. The number of halogens is 1. The van der Waals surface area contributed by atoms with Crippen LogP contribution in [0, 0.1) is 12.3 Å². The standard InChI is InChI=1S/C21H26N4O.C6H5Cl/c1-5-9-22-10-11-24(4)15(3)21-13-18-17-12-16(26)7-8-19(17)23-20(18)14-25(21)6-2;7-6-4-2-1-3-5-6/h1,6-8,12,21-23,26H,2-3,9-11,13-14H2,4H3;1-5H/t21-;/m0./s1. The van der Waals surface area contributed by atoms with Gasteiger partial charge in [-0.05, 0) is 42.1 Å². The summed E-state index contributed by atoms with van der Waals surface area (Å²) in [4.78, 5) is 7.85. The maximum atomic E-state index is 9.87. The second-order valence-corrected chi connectivity index (χ2v) is 8.41. The molecule has 0 amide bonds. The van der Waals surface area contributed by atoms with Gasteiger partial charge in [0.1, 0.15) is 5.75 Å². The summed E-state index contributed by atoms with van der Waals surface area (Å²) in [6.07, 6.45) is 7.97. The largest absolute Gasteiger partial charge is 0.508 e. The molecule has 1 aliphatic rings. The zero-order chi connectivity index (χ0) is 23.8. The van der Waals surface area contributed by atoms with E-state index in [1.54, 1.807) is 6.07 Å². The van der Waals surface area contributed by atoms with E-state index >= 15 is 0 Å². The highest BCUT2D eigenvalue weighted by atomic mass is 35.5. The molecule has 0 saturated heterocycles. The van der Waals surface area contributed by atoms with Crippen molar-refractivity contribution in [2.45, 2.75) is 19.0 Å². The lowest BCUT2D eigenvalue weighted by molar-refractivity contribution is 0.232. The maximum absolute atomic E-state index is 9.87. The van der Waals surface area contributed by atoms with E-state index < -0.39 is 0 Å². The molecule has 0 radical (unpaired) electrons. The van der Waals surface area contributed by atoms with Crippen molar-refractivity contribution in [3.8, 4) is 18.1 Å². The molecule has 33 heavy (non-hydrogen) atoms. The number of terminal acetylenes is 1. The van der Waals surface area contributed by atoms with Crippen molar-refractivity contribution >= 4 is 22.5 Å². The molecular formula is C27H31ClN4O. The predicted molar refractivity (Wildman–Crippen MR) is 138 cm³/mol. The number of benzene rings is 2. The highest BCUT2D eigenvalue weighted by molar-refractivity contribution is 6.30. The minimum atomic E-state index is 0.138. The van der Waals surface area contributed by atoms with Gasteiger partial charge in [0.15, 0.2) is 0 Å². The molecule has 0 spiro atoms. The molecule has 0 bridgehead atoms. The van der Waals surface area contributed by atoms with Crippen LogP contribution in [0.1, 0.15) is 11.3 Å². The molecule has 4 rings (SSSR count). The molecule has 1 aliphatic heterocycles. The number of aromatic amines is 1. The summed E-state index contributed by atoms with van der Waals surface area (Å²) in [7, 11) is 2.05.